The van der Waals surface area contributed by atoms with Gasteiger partial charge in [-0.1, -0.05) is 50.2 Å². The fraction of sp³-hybridized carbons (Fsp3) is 0.484. The van der Waals surface area contributed by atoms with Crippen molar-refractivity contribution in [2.45, 2.75) is 65.6 Å². The summed E-state index contributed by atoms with van der Waals surface area (Å²) in [5, 5.41) is 12.2. The Labute approximate surface area is 241 Å². The van der Waals surface area contributed by atoms with E-state index in [4.69, 9.17) is 4.74 Å². The minimum atomic E-state index is -0.978. The second-order valence-corrected chi connectivity index (χ2v) is 11.7. The van der Waals surface area contributed by atoms with Gasteiger partial charge in [0.15, 0.2) is 0 Å². The third kappa shape index (κ3) is 6.99. The van der Waals surface area contributed by atoms with E-state index in [0.29, 0.717) is 30.6 Å². The molecule has 4 rings (SSSR count). The van der Waals surface area contributed by atoms with Crippen molar-refractivity contribution in [1.82, 2.24) is 15.1 Å². The SMILES string of the molecule is CC(C)N(C(=O)c1ccc2c(c1)N(CCNC(=O)OCc1ccccc1)C(=O)C(C)(C)C2)[C@@H]1CCCN(C(=O)O)C1. The fourth-order valence-electron chi connectivity index (χ4n) is 5.72. The monoisotopic (exact) mass is 564 g/mol. The minimum absolute atomic E-state index is 0.0841. The first-order chi connectivity index (χ1) is 19.5. The van der Waals surface area contributed by atoms with Gasteiger partial charge < -0.3 is 29.9 Å². The Balaban J connectivity index is 1.49. The van der Waals surface area contributed by atoms with Crippen molar-refractivity contribution in [3.8, 4) is 0 Å². The van der Waals surface area contributed by atoms with Gasteiger partial charge in [-0.2, -0.15) is 0 Å². The number of likely N-dealkylation sites (tertiary alicyclic amines) is 1. The average molecular weight is 565 g/mol. The number of piperidine rings is 1. The number of carbonyl (C=O) groups is 4. The molecule has 0 aliphatic carbocycles. The molecule has 2 aromatic rings. The maximum Gasteiger partial charge on any atom is 0.407 e. The standard InChI is InChI=1S/C31H40N4O6/c1-21(2)35(25-11-8-15-33(19-25)30(39)40)27(36)23-12-13-24-18-31(3,4)28(37)34(26(24)17-23)16-14-32-29(38)41-20-22-9-6-5-7-10-22/h5-7,9-10,12-13,17,21,25H,8,11,14-16,18-20H2,1-4H3,(H,32,38)(H,39,40)/t25-/m1/s1. The van der Waals surface area contributed by atoms with Gasteiger partial charge in [0.1, 0.15) is 6.61 Å². The number of carbonyl (C=O) groups excluding carboxylic acids is 3. The number of nitrogens with one attached hydrogen (secondary N) is 1. The van der Waals surface area contributed by atoms with Crippen molar-refractivity contribution in [3.63, 3.8) is 0 Å². The highest BCUT2D eigenvalue weighted by Gasteiger charge is 2.40. The van der Waals surface area contributed by atoms with Crippen LogP contribution in [0.5, 0.6) is 0 Å². The molecule has 41 heavy (non-hydrogen) atoms. The second kappa shape index (κ2) is 12.6. The summed E-state index contributed by atoms with van der Waals surface area (Å²) in [5.74, 6) is -0.279. The zero-order chi connectivity index (χ0) is 29.7. The van der Waals surface area contributed by atoms with E-state index in [2.05, 4.69) is 5.32 Å². The molecule has 2 N–H and O–H groups in total. The van der Waals surface area contributed by atoms with Crippen LogP contribution >= 0.6 is 0 Å². The number of hydrogen-bond acceptors (Lipinski definition) is 5. The van der Waals surface area contributed by atoms with Gasteiger partial charge in [-0.3, -0.25) is 9.59 Å². The normalized spacial score (nSPS) is 18.1. The minimum Gasteiger partial charge on any atom is -0.465 e. The van der Waals surface area contributed by atoms with Crippen LogP contribution < -0.4 is 10.2 Å². The van der Waals surface area contributed by atoms with Crippen LogP contribution in [0.4, 0.5) is 15.3 Å². The lowest BCUT2D eigenvalue weighted by atomic mass is 9.80. The summed E-state index contributed by atoms with van der Waals surface area (Å²) in [4.78, 5) is 56.0. The molecular weight excluding hydrogens is 524 g/mol. The maximum atomic E-state index is 13.8. The number of ether oxygens (including phenoxy) is 1. The van der Waals surface area contributed by atoms with Gasteiger partial charge >= 0.3 is 12.2 Å². The molecule has 2 aliphatic rings. The molecular formula is C31H40N4O6. The zero-order valence-corrected chi connectivity index (χ0v) is 24.3. The number of hydrogen-bond donors (Lipinski definition) is 2. The molecule has 0 aromatic heterocycles. The van der Waals surface area contributed by atoms with Crippen molar-refractivity contribution in [2.75, 3.05) is 31.1 Å². The molecule has 0 spiro atoms. The van der Waals surface area contributed by atoms with Gasteiger partial charge in [0.2, 0.25) is 5.91 Å². The summed E-state index contributed by atoms with van der Waals surface area (Å²) < 4.78 is 5.29. The highest BCUT2D eigenvalue weighted by atomic mass is 16.5. The van der Waals surface area contributed by atoms with Crippen LogP contribution in [0.2, 0.25) is 0 Å². The van der Waals surface area contributed by atoms with Gasteiger partial charge in [0, 0.05) is 48.9 Å². The molecule has 1 fully saturated rings. The molecule has 2 heterocycles. The molecule has 220 valence electrons. The van der Waals surface area contributed by atoms with Crippen molar-refractivity contribution in [1.29, 1.82) is 0 Å². The van der Waals surface area contributed by atoms with Crippen LogP contribution in [0, 0.1) is 5.41 Å². The van der Waals surface area contributed by atoms with Crippen LogP contribution in [-0.2, 0) is 22.6 Å². The highest BCUT2D eigenvalue weighted by Crippen LogP contribution is 2.38. The molecule has 1 atom stereocenters. The quantitative estimate of drug-likeness (QED) is 0.487. The van der Waals surface area contributed by atoms with E-state index < -0.39 is 17.6 Å². The first-order valence-electron chi connectivity index (χ1n) is 14.2. The van der Waals surface area contributed by atoms with Crippen molar-refractivity contribution >= 4 is 29.7 Å². The topological polar surface area (TPSA) is 119 Å². The number of carboxylic acid groups (broad SMARTS) is 1. The van der Waals surface area contributed by atoms with Gasteiger partial charge in [-0.05, 0) is 56.4 Å². The van der Waals surface area contributed by atoms with E-state index in [1.807, 2.05) is 64.1 Å². The molecule has 10 nitrogen and oxygen atoms in total. The van der Waals surface area contributed by atoms with Gasteiger partial charge in [0.05, 0.1) is 6.04 Å². The zero-order valence-electron chi connectivity index (χ0n) is 24.3. The Hall–Kier alpha value is -4.08. The van der Waals surface area contributed by atoms with E-state index >= 15 is 0 Å². The lowest BCUT2D eigenvalue weighted by Crippen LogP contribution is -2.53. The number of amides is 4. The Kier molecular flexibility index (Phi) is 9.20. The maximum absolute atomic E-state index is 13.8. The van der Waals surface area contributed by atoms with Crippen LogP contribution in [0.3, 0.4) is 0 Å². The van der Waals surface area contributed by atoms with E-state index in [9.17, 15) is 24.3 Å². The van der Waals surface area contributed by atoms with E-state index in [-0.39, 0.29) is 50.1 Å². The second-order valence-electron chi connectivity index (χ2n) is 11.7. The number of anilines is 1. The Morgan fingerprint density at radius 1 is 1.15 bits per heavy atom. The Bertz CT molecular complexity index is 1280. The molecule has 2 aromatic carbocycles. The largest absolute Gasteiger partial charge is 0.465 e. The molecule has 0 radical (unpaired) electrons. The van der Waals surface area contributed by atoms with Crippen molar-refractivity contribution in [3.05, 3.63) is 65.2 Å². The predicted octanol–water partition coefficient (Wildman–Crippen LogP) is 4.52. The Morgan fingerprint density at radius 2 is 1.88 bits per heavy atom. The predicted molar refractivity (Wildman–Crippen MR) is 155 cm³/mol. The molecule has 2 aliphatic heterocycles. The van der Waals surface area contributed by atoms with Gasteiger partial charge in [-0.15, -0.1) is 0 Å². The van der Waals surface area contributed by atoms with Crippen LogP contribution in [0.1, 0.15) is 62.0 Å². The lowest BCUT2D eigenvalue weighted by Gasteiger charge is -2.41. The van der Waals surface area contributed by atoms with Crippen LogP contribution in [-0.4, -0.2) is 77.2 Å². The fourth-order valence-corrected chi connectivity index (χ4v) is 5.72. The van der Waals surface area contributed by atoms with Gasteiger partial charge in [0.25, 0.3) is 5.91 Å². The number of alkyl carbamates (subject to hydrolysis) is 1. The van der Waals surface area contributed by atoms with E-state index in [1.54, 1.807) is 21.9 Å². The summed E-state index contributed by atoms with van der Waals surface area (Å²) in [6.45, 7) is 8.92. The van der Waals surface area contributed by atoms with Crippen molar-refractivity contribution in [2.24, 2.45) is 5.41 Å². The number of rotatable bonds is 8. The first-order valence-corrected chi connectivity index (χ1v) is 14.2. The third-order valence-electron chi connectivity index (χ3n) is 7.75. The summed E-state index contributed by atoms with van der Waals surface area (Å²) in [6.07, 6.45) is 0.397. The summed E-state index contributed by atoms with van der Waals surface area (Å²) in [7, 11) is 0. The lowest BCUT2D eigenvalue weighted by molar-refractivity contribution is -0.127. The summed E-state index contributed by atoms with van der Waals surface area (Å²) in [5.41, 5.74) is 2.28. The van der Waals surface area contributed by atoms with Gasteiger partial charge in [-0.25, -0.2) is 9.59 Å². The molecule has 0 saturated carbocycles. The average Bonchev–Trinajstić information content (AvgIpc) is 2.94. The summed E-state index contributed by atoms with van der Waals surface area (Å²) in [6, 6.07) is 14.4. The molecule has 10 heteroatoms. The summed E-state index contributed by atoms with van der Waals surface area (Å²) >= 11 is 0. The third-order valence-corrected chi connectivity index (χ3v) is 7.75. The molecule has 1 saturated heterocycles. The van der Waals surface area contributed by atoms with E-state index in [0.717, 1.165) is 17.5 Å². The van der Waals surface area contributed by atoms with E-state index in [1.165, 1.54) is 4.90 Å². The number of fused-ring (bicyclic) bond motifs is 1. The molecule has 4 amide bonds. The highest BCUT2D eigenvalue weighted by molar-refractivity contribution is 6.02. The molecule has 0 bridgehead atoms. The smallest absolute Gasteiger partial charge is 0.407 e. The molecule has 0 unspecified atom stereocenters. The number of nitrogens with zero attached hydrogens (tertiary/aromatic N) is 3. The van der Waals surface area contributed by atoms with Crippen LogP contribution in [0.25, 0.3) is 0 Å². The van der Waals surface area contributed by atoms with Crippen molar-refractivity contribution < 1.29 is 29.0 Å². The van der Waals surface area contributed by atoms with Crippen LogP contribution in [0.15, 0.2) is 48.5 Å². The Morgan fingerprint density at radius 3 is 2.56 bits per heavy atom. The number of benzene rings is 2. The first kappa shape index (κ1) is 29.9.